The number of nitrogens with zero attached hydrogens (tertiary/aromatic N) is 6. The maximum absolute atomic E-state index is 13.4. The Morgan fingerprint density at radius 3 is 2.55 bits per heavy atom. The molecule has 194 valence electrons. The van der Waals surface area contributed by atoms with Gasteiger partial charge in [0.1, 0.15) is 21.6 Å². The number of Topliss-reactive ketones (excluding diaryl/α,β-unsaturated/α-hetero) is 1. The van der Waals surface area contributed by atoms with Crippen LogP contribution in [-0.4, -0.2) is 50.2 Å². The van der Waals surface area contributed by atoms with E-state index in [0.29, 0.717) is 22.1 Å². The van der Waals surface area contributed by atoms with Gasteiger partial charge in [-0.1, -0.05) is 18.2 Å². The van der Waals surface area contributed by atoms with Gasteiger partial charge in [0, 0.05) is 37.3 Å². The van der Waals surface area contributed by atoms with Crippen molar-refractivity contribution in [2.45, 2.75) is 38.0 Å². The molecule has 4 heterocycles. The van der Waals surface area contributed by atoms with Crippen molar-refractivity contribution < 1.29 is 14.0 Å². The van der Waals surface area contributed by atoms with Crippen molar-refractivity contribution in [3.8, 4) is 0 Å². The molecule has 1 N–H and O–H groups in total. The molecule has 9 nitrogen and oxygen atoms in total. The lowest BCUT2D eigenvalue weighted by Gasteiger charge is -2.31. The van der Waals surface area contributed by atoms with Gasteiger partial charge in [0.05, 0.1) is 12.8 Å². The number of hydrogen-bond acceptors (Lipinski definition) is 9. The number of carbonyl (C=O) groups is 2. The quantitative estimate of drug-likeness (QED) is 0.347. The van der Waals surface area contributed by atoms with Crippen molar-refractivity contribution in [3.63, 3.8) is 0 Å². The fraction of sp³-hybridized carbons (Fsp3) is 0.296. The van der Waals surface area contributed by atoms with Gasteiger partial charge in [-0.2, -0.15) is 0 Å². The number of aromatic nitrogens is 5. The van der Waals surface area contributed by atoms with Gasteiger partial charge in [-0.15, -0.1) is 31.7 Å². The summed E-state index contributed by atoms with van der Waals surface area (Å²) in [5.74, 6) is 0.880. The molecule has 0 spiro atoms. The Morgan fingerprint density at radius 1 is 0.947 bits per heavy atom. The number of rotatable bonds is 9. The van der Waals surface area contributed by atoms with E-state index < -0.39 is 0 Å². The largest absolute Gasteiger partial charge is 0.355 e. The van der Waals surface area contributed by atoms with Crippen LogP contribution < -0.4 is 10.2 Å². The lowest BCUT2D eigenvalue weighted by atomic mass is 9.98. The van der Waals surface area contributed by atoms with Crippen molar-refractivity contribution in [3.05, 3.63) is 87.9 Å². The number of carbonyl (C=O) groups excluding carboxylic acids is 2. The van der Waals surface area contributed by atoms with Crippen molar-refractivity contribution >= 4 is 34.7 Å². The van der Waals surface area contributed by atoms with E-state index in [1.165, 1.54) is 23.5 Å². The highest BCUT2D eigenvalue weighted by Crippen LogP contribution is 2.31. The first-order valence-electron chi connectivity index (χ1n) is 12.4. The van der Waals surface area contributed by atoms with Gasteiger partial charge in [0.2, 0.25) is 5.91 Å². The van der Waals surface area contributed by atoms with E-state index in [-0.39, 0.29) is 42.7 Å². The molecule has 5 rings (SSSR count). The monoisotopic (exact) mass is 531 g/mol. The summed E-state index contributed by atoms with van der Waals surface area (Å²) in [6.07, 6.45) is 3.98. The molecule has 0 unspecified atom stereocenters. The van der Waals surface area contributed by atoms with Crippen LogP contribution in [-0.2, 0) is 28.9 Å². The highest BCUT2D eigenvalue weighted by molar-refractivity contribution is 7.11. The fourth-order valence-electron chi connectivity index (χ4n) is 4.38. The predicted molar refractivity (Wildman–Crippen MR) is 142 cm³/mol. The molecule has 1 aromatic carbocycles. The van der Waals surface area contributed by atoms with Gasteiger partial charge >= 0.3 is 0 Å². The van der Waals surface area contributed by atoms with Crippen molar-refractivity contribution in [2.75, 3.05) is 23.3 Å². The standard InChI is InChI=1S/C27H26FN7O2S/c28-20-5-3-4-18(14-20)15-22(36)17-26-33-34-27(38-26)19-9-12-35(13-10-19)24-8-7-23(31-32-24)30-25(37)16-21-6-1-2-11-29-21/h1-8,11,14,19H,9-10,12-13,15-17H2,(H,30,31,37). The highest BCUT2D eigenvalue weighted by Gasteiger charge is 2.25. The number of pyridine rings is 1. The first kappa shape index (κ1) is 25.5. The van der Waals surface area contributed by atoms with E-state index in [0.717, 1.165) is 36.8 Å². The molecule has 1 aliphatic rings. The predicted octanol–water partition coefficient (Wildman–Crippen LogP) is 3.78. The van der Waals surface area contributed by atoms with Gasteiger partial charge in [-0.3, -0.25) is 14.6 Å². The fourth-order valence-corrected chi connectivity index (χ4v) is 5.42. The molecule has 11 heteroatoms. The van der Waals surface area contributed by atoms with Gasteiger partial charge in [0.15, 0.2) is 11.6 Å². The van der Waals surface area contributed by atoms with Crippen molar-refractivity contribution in [1.29, 1.82) is 0 Å². The van der Waals surface area contributed by atoms with Gasteiger partial charge in [0.25, 0.3) is 0 Å². The molecule has 1 amide bonds. The van der Waals surface area contributed by atoms with Crippen LogP contribution in [0, 0.1) is 5.82 Å². The third kappa shape index (κ3) is 6.80. The number of hydrogen-bond donors (Lipinski definition) is 1. The lowest BCUT2D eigenvalue weighted by Crippen LogP contribution is -2.33. The van der Waals surface area contributed by atoms with E-state index in [9.17, 15) is 14.0 Å². The molecule has 0 radical (unpaired) electrons. The zero-order chi connectivity index (χ0) is 26.3. The molecular weight excluding hydrogens is 505 g/mol. The number of anilines is 2. The van der Waals surface area contributed by atoms with Gasteiger partial charge < -0.3 is 10.2 Å². The zero-order valence-electron chi connectivity index (χ0n) is 20.6. The summed E-state index contributed by atoms with van der Waals surface area (Å²) in [6.45, 7) is 1.58. The minimum Gasteiger partial charge on any atom is -0.355 e. The topological polar surface area (TPSA) is 114 Å². The van der Waals surface area contributed by atoms with Crippen LogP contribution in [0.1, 0.15) is 40.0 Å². The van der Waals surface area contributed by atoms with Crippen LogP contribution in [0.25, 0.3) is 0 Å². The normalized spacial score (nSPS) is 13.9. The van der Waals surface area contributed by atoms with Crippen LogP contribution >= 0.6 is 11.3 Å². The molecule has 1 fully saturated rings. The Bertz CT molecular complexity index is 1390. The summed E-state index contributed by atoms with van der Waals surface area (Å²) < 4.78 is 13.4. The highest BCUT2D eigenvalue weighted by atomic mass is 32.1. The average molecular weight is 532 g/mol. The summed E-state index contributed by atoms with van der Waals surface area (Å²) in [4.78, 5) is 31.0. The van der Waals surface area contributed by atoms with E-state index in [1.54, 1.807) is 36.5 Å². The van der Waals surface area contributed by atoms with E-state index >= 15 is 0 Å². The summed E-state index contributed by atoms with van der Waals surface area (Å²) in [5, 5.41) is 21.4. The molecule has 3 aromatic heterocycles. The van der Waals surface area contributed by atoms with E-state index in [4.69, 9.17) is 0 Å². The minimum atomic E-state index is -0.342. The summed E-state index contributed by atoms with van der Waals surface area (Å²) in [6, 6.07) is 15.2. The first-order valence-corrected chi connectivity index (χ1v) is 13.2. The van der Waals surface area contributed by atoms with Crippen LogP contribution in [0.4, 0.5) is 16.0 Å². The number of nitrogens with one attached hydrogen (secondary N) is 1. The minimum absolute atomic E-state index is 0.0111. The Morgan fingerprint density at radius 2 is 1.82 bits per heavy atom. The lowest BCUT2D eigenvalue weighted by molar-refractivity contribution is -0.118. The second-order valence-electron chi connectivity index (χ2n) is 9.14. The van der Waals surface area contributed by atoms with Crippen LogP contribution in [0.15, 0.2) is 60.8 Å². The number of halogens is 1. The molecule has 0 saturated carbocycles. The maximum Gasteiger partial charge on any atom is 0.231 e. The molecule has 0 atom stereocenters. The molecule has 0 bridgehead atoms. The van der Waals surface area contributed by atoms with Crippen LogP contribution in [0.5, 0.6) is 0 Å². The van der Waals surface area contributed by atoms with Crippen LogP contribution in [0.2, 0.25) is 0 Å². The SMILES string of the molecule is O=C(Cc1cccc(F)c1)Cc1nnc(C2CCN(c3ccc(NC(=O)Cc4ccccn4)nn3)CC2)s1. The molecule has 4 aromatic rings. The van der Waals surface area contributed by atoms with E-state index in [2.05, 4.69) is 35.6 Å². The first-order chi connectivity index (χ1) is 18.5. The van der Waals surface area contributed by atoms with Crippen LogP contribution in [0.3, 0.4) is 0 Å². The maximum atomic E-state index is 13.4. The third-order valence-electron chi connectivity index (χ3n) is 6.28. The molecule has 0 aliphatic carbocycles. The Labute approximate surface area is 223 Å². The molecule has 1 saturated heterocycles. The molecule has 38 heavy (non-hydrogen) atoms. The second-order valence-corrected chi connectivity index (χ2v) is 10.2. The van der Waals surface area contributed by atoms with Crippen molar-refractivity contribution in [1.82, 2.24) is 25.4 Å². The second kappa shape index (κ2) is 12.0. The Balaban J connectivity index is 1.09. The van der Waals surface area contributed by atoms with E-state index in [1.807, 2.05) is 12.1 Å². The number of piperidine rings is 1. The molecule has 1 aliphatic heterocycles. The molecular formula is C27H26FN7O2S. The smallest absolute Gasteiger partial charge is 0.231 e. The Hall–Kier alpha value is -4.12. The summed E-state index contributed by atoms with van der Waals surface area (Å²) >= 11 is 1.48. The zero-order valence-corrected chi connectivity index (χ0v) is 21.4. The summed E-state index contributed by atoms with van der Waals surface area (Å²) in [5.41, 5.74) is 1.35. The number of amides is 1. The average Bonchev–Trinajstić information content (AvgIpc) is 3.38. The summed E-state index contributed by atoms with van der Waals surface area (Å²) in [7, 11) is 0. The number of benzene rings is 1. The third-order valence-corrected chi connectivity index (χ3v) is 7.36. The number of ketones is 1. The van der Waals surface area contributed by atoms with Gasteiger partial charge in [-0.05, 0) is 54.8 Å². The van der Waals surface area contributed by atoms with Gasteiger partial charge in [-0.25, -0.2) is 4.39 Å². The Kier molecular flexibility index (Phi) is 8.03. The van der Waals surface area contributed by atoms with Crippen molar-refractivity contribution in [2.24, 2.45) is 0 Å².